The summed E-state index contributed by atoms with van der Waals surface area (Å²) >= 11 is 0. The number of nitro groups is 1. The van der Waals surface area contributed by atoms with Crippen molar-refractivity contribution in [2.45, 2.75) is 12.9 Å². The van der Waals surface area contributed by atoms with Gasteiger partial charge in [0.1, 0.15) is 5.75 Å². The summed E-state index contributed by atoms with van der Waals surface area (Å²) in [4.78, 5) is 22.3. The molecule has 0 spiro atoms. The minimum Gasteiger partial charge on any atom is -0.405 e. The van der Waals surface area contributed by atoms with Crippen molar-refractivity contribution in [1.29, 1.82) is 0 Å². The zero-order valence-electron chi connectivity index (χ0n) is 8.08. The Morgan fingerprint density at radius 2 is 2.12 bits per heavy atom. The minimum absolute atomic E-state index is 0.455. The molecular formula is C7H6F3N3O4. The van der Waals surface area contributed by atoms with Gasteiger partial charge in [-0.1, -0.05) is 0 Å². The van der Waals surface area contributed by atoms with E-state index in [1.165, 1.54) is 0 Å². The first-order chi connectivity index (χ1) is 7.74. The van der Waals surface area contributed by atoms with E-state index >= 15 is 0 Å². The van der Waals surface area contributed by atoms with Gasteiger partial charge < -0.3 is 20.6 Å². The van der Waals surface area contributed by atoms with Gasteiger partial charge in [0, 0.05) is 6.54 Å². The van der Waals surface area contributed by atoms with E-state index < -0.39 is 40.5 Å². The van der Waals surface area contributed by atoms with Gasteiger partial charge in [0.05, 0.1) is 11.6 Å². The second-order valence-corrected chi connectivity index (χ2v) is 2.84. The van der Waals surface area contributed by atoms with Gasteiger partial charge in [-0.05, 0) is 4.92 Å². The highest BCUT2D eigenvalue weighted by Gasteiger charge is 2.33. The average Bonchev–Trinajstić information content (AvgIpc) is 2.14. The Hall–Kier alpha value is -2.10. The first-order valence-corrected chi connectivity index (χ1v) is 4.11. The smallest absolute Gasteiger partial charge is 0.405 e. The first kappa shape index (κ1) is 13.0. The zero-order chi connectivity index (χ0) is 13.2. The molecular weight excluding hydrogens is 247 g/mol. The maximum Gasteiger partial charge on any atom is 0.573 e. The van der Waals surface area contributed by atoms with Crippen molar-refractivity contribution in [1.82, 2.24) is 4.98 Å². The van der Waals surface area contributed by atoms with E-state index in [-0.39, 0.29) is 0 Å². The van der Waals surface area contributed by atoms with E-state index in [0.29, 0.717) is 6.07 Å². The van der Waals surface area contributed by atoms with Crippen LogP contribution in [0.5, 0.6) is 5.75 Å². The van der Waals surface area contributed by atoms with Gasteiger partial charge in [0.15, 0.2) is 0 Å². The third kappa shape index (κ3) is 3.17. The van der Waals surface area contributed by atoms with Crippen LogP contribution in [0.1, 0.15) is 5.56 Å². The summed E-state index contributed by atoms with van der Waals surface area (Å²) in [6.45, 7) is -0.543. The largest absolute Gasteiger partial charge is 0.573 e. The van der Waals surface area contributed by atoms with Gasteiger partial charge >= 0.3 is 17.7 Å². The number of halogens is 3. The fourth-order valence-electron chi connectivity index (χ4n) is 1.06. The van der Waals surface area contributed by atoms with Crippen molar-refractivity contribution < 1.29 is 22.8 Å². The molecule has 17 heavy (non-hydrogen) atoms. The second kappa shape index (κ2) is 4.41. The van der Waals surface area contributed by atoms with Crippen LogP contribution in [0.4, 0.5) is 19.0 Å². The van der Waals surface area contributed by atoms with Gasteiger partial charge in [0.25, 0.3) is 0 Å². The lowest BCUT2D eigenvalue weighted by molar-refractivity contribution is -0.389. The van der Waals surface area contributed by atoms with Crippen LogP contribution in [-0.2, 0) is 6.54 Å². The van der Waals surface area contributed by atoms with Crippen LogP contribution in [0, 0.1) is 10.1 Å². The van der Waals surface area contributed by atoms with Crippen LogP contribution in [0.3, 0.4) is 0 Å². The molecule has 0 fully saturated rings. The van der Waals surface area contributed by atoms with Crippen LogP contribution in [-0.4, -0.2) is 16.3 Å². The van der Waals surface area contributed by atoms with E-state index in [4.69, 9.17) is 5.73 Å². The summed E-state index contributed by atoms with van der Waals surface area (Å²) in [5.74, 6) is -1.89. The number of nitrogens with one attached hydrogen (secondary N) is 1. The Bertz CT molecular complexity index is 496. The van der Waals surface area contributed by atoms with E-state index in [0.717, 1.165) is 0 Å². The van der Waals surface area contributed by atoms with E-state index in [1.54, 1.807) is 4.98 Å². The van der Waals surface area contributed by atoms with Crippen LogP contribution in [0.2, 0.25) is 0 Å². The summed E-state index contributed by atoms with van der Waals surface area (Å²) < 4.78 is 39.4. The molecule has 0 unspecified atom stereocenters. The highest BCUT2D eigenvalue weighted by molar-refractivity contribution is 5.38. The van der Waals surface area contributed by atoms with Gasteiger partial charge in [0.2, 0.25) is 0 Å². The maximum absolute atomic E-state index is 12.0. The van der Waals surface area contributed by atoms with Crippen molar-refractivity contribution >= 4 is 5.82 Å². The van der Waals surface area contributed by atoms with Crippen LogP contribution < -0.4 is 16.0 Å². The molecule has 0 saturated carbocycles. The molecule has 0 bridgehead atoms. The highest BCUT2D eigenvalue weighted by Crippen LogP contribution is 2.26. The fraction of sp³-hybridized carbons (Fsp3) is 0.286. The summed E-state index contributed by atoms with van der Waals surface area (Å²) in [5.41, 5.74) is 3.44. The molecule has 0 aliphatic carbocycles. The van der Waals surface area contributed by atoms with Crippen molar-refractivity contribution in [3.8, 4) is 5.75 Å². The number of hydrogen-bond acceptors (Lipinski definition) is 5. The second-order valence-electron chi connectivity index (χ2n) is 2.84. The number of nitrogens with two attached hydrogens (primary N) is 1. The molecule has 0 atom stereocenters. The number of hydrogen-bond donors (Lipinski definition) is 2. The van der Waals surface area contributed by atoms with Crippen molar-refractivity contribution in [3.63, 3.8) is 0 Å². The zero-order valence-corrected chi connectivity index (χ0v) is 8.08. The fourth-order valence-corrected chi connectivity index (χ4v) is 1.06. The highest BCUT2D eigenvalue weighted by atomic mass is 19.4. The Balaban J connectivity index is 3.34. The normalized spacial score (nSPS) is 11.3. The van der Waals surface area contributed by atoms with Crippen molar-refractivity contribution in [3.05, 3.63) is 32.1 Å². The third-order valence-electron chi connectivity index (χ3n) is 1.71. The standard InChI is InChI=1S/C7H6F3N3O4/c8-7(9,10)17-4-1-5(13(15)16)12-6(14)3(4)2-11/h1H,2,11H2,(H,12,14). The number of aromatic nitrogens is 1. The lowest BCUT2D eigenvalue weighted by Crippen LogP contribution is -2.24. The molecule has 7 nitrogen and oxygen atoms in total. The first-order valence-electron chi connectivity index (χ1n) is 4.11. The number of rotatable bonds is 3. The van der Waals surface area contributed by atoms with E-state index in [1.807, 2.05) is 0 Å². The molecule has 0 aliphatic rings. The van der Waals surface area contributed by atoms with Crippen molar-refractivity contribution in [2.75, 3.05) is 0 Å². The number of pyridine rings is 1. The Morgan fingerprint density at radius 1 is 1.53 bits per heavy atom. The lowest BCUT2D eigenvalue weighted by atomic mass is 10.2. The van der Waals surface area contributed by atoms with Crippen LogP contribution in [0.25, 0.3) is 0 Å². The maximum atomic E-state index is 12.0. The summed E-state index contributed by atoms with van der Waals surface area (Å²) in [6, 6.07) is 0.455. The van der Waals surface area contributed by atoms with Gasteiger partial charge in [-0.15, -0.1) is 13.2 Å². The topological polar surface area (TPSA) is 111 Å². The van der Waals surface area contributed by atoms with Crippen LogP contribution in [0.15, 0.2) is 10.9 Å². The Morgan fingerprint density at radius 3 is 2.53 bits per heavy atom. The predicted molar refractivity (Wildman–Crippen MR) is 48.3 cm³/mol. The Kier molecular flexibility index (Phi) is 3.36. The molecule has 0 radical (unpaired) electrons. The van der Waals surface area contributed by atoms with Gasteiger partial charge in [-0.3, -0.25) is 0 Å². The summed E-state index contributed by atoms with van der Waals surface area (Å²) in [5, 5.41) is 10.3. The average molecular weight is 253 g/mol. The summed E-state index contributed by atoms with van der Waals surface area (Å²) in [6.07, 6.45) is -5.06. The van der Waals surface area contributed by atoms with Crippen LogP contribution >= 0.6 is 0 Å². The molecule has 0 saturated heterocycles. The Labute approximate surface area is 91.1 Å². The molecule has 1 rings (SSSR count). The predicted octanol–water partition coefficient (Wildman–Crippen LogP) is 0.640. The number of nitrogens with zero attached hydrogens (tertiary/aromatic N) is 1. The SMILES string of the molecule is NCc1c(OC(F)(F)F)cc([N+](=O)[O-])[nH]c1=O. The number of alkyl halides is 3. The number of H-pyrrole nitrogens is 1. The monoisotopic (exact) mass is 253 g/mol. The summed E-state index contributed by atoms with van der Waals surface area (Å²) in [7, 11) is 0. The molecule has 0 amide bonds. The molecule has 1 heterocycles. The molecule has 1 aromatic rings. The molecule has 3 N–H and O–H groups in total. The minimum atomic E-state index is -5.06. The lowest BCUT2D eigenvalue weighted by Gasteiger charge is -2.10. The van der Waals surface area contributed by atoms with Gasteiger partial charge in [-0.25, -0.2) is 9.78 Å². The van der Waals surface area contributed by atoms with Gasteiger partial charge in [-0.2, -0.15) is 0 Å². The molecule has 94 valence electrons. The van der Waals surface area contributed by atoms with Crippen molar-refractivity contribution in [2.24, 2.45) is 5.73 Å². The molecule has 0 aromatic carbocycles. The van der Waals surface area contributed by atoms with E-state index in [2.05, 4.69) is 4.74 Å². The molecule has 1 aromatic heterocycles. The molecule has 0 aliphatic heterocycles. The molecule has 10 heteroatoms. The quantitative estimate of drug-likeness (QED) is 0.606. The number of aromatic amines is 1. The van der Waals surface area contributed by atoms with E-state index in [9.17, 15) is 28.1 Å². The number of ether oxygens (including phenoxy) is 1. The third-order valence-corrected chi connectivity index (χ3v) is 1.71.